The van der Waals surface area contributed by atoms with Gasteiger partial charge in [0.25, 0.3) is 5.91 Å². The number of anilines is 2. The largest absolute Gasteiger partial charge is 0.437 e. The fraction of sp³-hybridized carbons (Fsp3) is 0.219. The number of aliphatic imine (C=N–C) groups is 1. The second-order valence-corrected chi connectivity index (χ2v) is 9.71. The lowest BCUT2D eigenvalue weighted by molar-refractivity contribution is 0.102. The zero-order valence-electron chi connectivity index (χ0n) is 23.2. The molecule has 9 nitrogen and oxygen atoms in total. The van der Waals surface area contributed by atoms with Gasteiger partial charge in [-0.1, -0.05) is 42.5 Å². The Morgan fingerprint density at radius 2 is 1.98 bits per heavy atom. The summed E-state index contributed by atoms with van der Waals surface area (Å²) in [5, 5.41) is 11.5. The third kappa shape index (κ3) is 6.47. The first-order valence-corrected chi connectivity index (χ1v) is 13.6. The van der Waals surface area contributed by atoms with Crippen molar-refractivity contribution in [2.24, 2.45) is 4.99 Å². The summed E-state index contributed by atoms with van der Waals surface area (Å²) in [6.45, 7) is 9.60. The highest BCUT2D eigenvalue weighted by Crippen LogP contribution is 2.36. The van der Waals surface area contributed by atoms with Crippen LogP contribution in [0.2, 0.25) is 0 Å². The summed E-state index contributed by atoms with van der Waals surface area (Å²) >= 11 is 0. The Labute approximate surface area is 239 Å². The van der Waals surface area contributed by atoms with Gasteiger partial charge >= 0.3 is 0 Å². The molecule has 1 aliphatic rings. The number of allylic oxidation sites excluding steroid dienone is 3. The highest BCUT2D eigenvalue weighted by molar-refractivity contribution is 6.09. The highest BCUT2D eigenvalue weighted by Gasteiger charge is 2.18. The Balaban J connectivity index is 1.50. The molecule has 0 bridgehead atoms. The van der Waals surface area contributed by atoms with Gasteiger partial charge in [-0.05, 0) is 69.8 Å². The van der Waals surface area contributed by atoms with Crippen molar-refractivity contribution < 1.29 is 9.53 Å². The van der Waals surface area contributed by atoms with E-state index in [1.807, 2.05) is 62.4 Å². The molecule has 0 radical (unpaired) electrons. The molecule has 2 aromatic heterocycles. The molecule has 208 valence electrons. The molecule has 0 spiro atoms. The van der Waals surface area contributed by atoms with Crippen molar-refractivity contribution in [1.82, 2.24) is 20.3 Å². The Bertz CT molecular complexity index is 1610. The van der Waals surface area contributed by atoms with Gasteiger partial charge in [-0.2, -0.15) is 0 Å². The fourth-order valence-electron chi connectivity index (χ4n) is 4.80. The van der Waals surface area contributed by atoms with Crippen molar-refractivity contribution in [2.45, 2.75) is 32.7 Å². The van der Waals surface area contributed by atoms with E-state index in [0.29, 0.717) is 40.2 Å². The van der Waals surface area contributed by atoms with Gasteiger partial charge in [-0.25, -0.2) is 15.0 Å². The van der Waals surface area contributed by atoms with E-state index in [-0.39, 0.29) is 11.9 Å². The number of fused-ring (bicyclic) bond motifs is 1. The van der Waals surface area contributed by atoms with Crippen LogP contribution in [-0.2, 0) is 0 Å². The van der Waals surface area contributed by atoms with Crippen molar-refractivity contribution in [1.29, 1.82) is 0 Å². The zero-order valence-corrected chi connectivity index (χ0v) is 23.2. The quantitative estimate of drug-likeness (QED) is 0.138. The van der Waals surface area contributed by atoms with E-state index in [1.54, 1.807) is 30.6 Å². The number of ether oxygens (including phenoxy) is 1. The fourth-order valence-corrected chi connectivity index (χ4v) is 4.80. The van der Waals surface area contributed by atoms with Gasteiger partial charge in [0.2, 0.25) is 11.8 Å². The smallest absolute Gasteiger partial charge is 0.274 e. The summed E-state index contributed by atoms with van der Waals surface area (Å²) in [6, 6.07) is 16.9. The first-order chi connectivity index (χ1) is 20.1. The third-order valence-corrected chi connectivity index (χ3v) is 6.82. The lowest BCUT2D eigenvalue weighted by Crippen LogP contribution is -2.38. The average molecular weight is 548 g/mol. The molecule has 2 aromatic carbocycles. The number of amides is 1. The van der Waals surface area contributed by atoms with Crippen LogP contribution in [-0.4, -0.2) is 46.7 Å². The predicted octanol–water partition coefficient (Wildman–Crippen LogP) is 5.77. The van der Waals surface area contributed by atoms with Crippen LogP contribution in [0, 0.1) is 6.92 Å². The number of pyridine rings is 1. The second-order valence-electron chi connectivity index (χ2n) is 9.71. The predicted molar refractivity (Wildman–Crippen MR) is 164 cm³/mol. The number of carbonyl (C=O) groups is 1. The number of hydrogen-bond acceptors (Lipinski definition) is 8. The molecule has 1 atom stereocenters. The second kappa shape index (κ2) is 13.0. The minimum atomic E-state index is -0.290. The molecule has 4 aromatic rings. The van der Waals surface area contributed by atoms with Gasteiger partial charge in [-0.15, -0.1) is 0 Å². The molecule has 5 rings (SSSR count). The topological polar surface area (TPSA) is 113 Å². The van der Waals surface area contributed by atoms with Crippen LogP contribution in [0.5, 0.6) is 5.75 Å². The minimum Gasteiger partial charge on any atom is -0.437 e. The van der Waals surface area contributed by atoms with E-state index in [1.165, 1.54) is 0 Å². The standard InChI is InChI=1S/C32H33N7O2/c1-4-9-25(27-16-19-36-32(39-27)37-22-10-8-17-34-20-22)31(33-3)41-29-21(2)14-15-23-24(29)11-7-13-26(23)38-30(40)28-12-5-6-18-35-28/h4-7,9,11-16,18-19,22,34H,3,8,10,17,20H2,1-2H3,(H,38,40)(H,36,37,39)/b9-4-,31-25-/t22-/m0/s1. The maximum Gasteiger partial charge on any atom is 0.274 e. The van der Waals surface area contributed by atoms with E-state index in [2.05, 4.69) is 37.6 Å². The van der Waals surface area contributed by atoms with Crippen LogP contribution in [0.25, 0.3) is 16.3 Å². The molecular formula is C32H33N7O2. The van der Waals surface area contributed by atoms with Crippen LogP contribution in [0.3, 0.4) is 0 Å². The number of aryl methyl sites for hydroxylation is 1. The normalized spacial score (nSPS) is 15.8. The Morgan fingerprint density at radius 3 is 2.73 bits per heavy atom. The summed E-state index contributed by atoms with van der Waals surface area (Å²) in [6.07, 6.45) is 9.30. The van der Waals surface area contributed by atoms with Crippen molar-refractivity contribution in [2.75, 3.05) is 23.7 Å². The maximum absolute atomic E-state index is 12.8. The van der Waals surface area contributed by atoms with E-state index in [9.17, 15) is 4.79 Å². The van der Waals surface area contributed by atoms with Gasteiger partial charge < -0.3 is 20.7 Å². The number of hydrogen-bond donors (Lipinski definition) is 3. The molecular weight excluding hydrogens is 514 g/mol. The molecule has 0 aliphatic carbocycles. The first-order valence-electron chi connectivity index (χ1n) is 13.6. The first kappa shape index (κ1) is 27.7. The Hall–Kier alpha value is -4.89. The number of rotatable bonds is 9. The molecule has 0 saturated carbocycles. The highest BCUT2D eigenvalue weighted by atomic mass is 16.5. The molecule has 0 unspecified atom stereocenters. The van der Waals surface area contributed by atoms with Gasteiger partial charge in [-0.3, -0.25) is 9.78 Å². The van der Waals surface area contributed by atoms with E-state index in [0.717, 1.165) is 42.3 Å². The molecule has 1 amide bonds. The van der Waals surface area contributed by atoms with Crippen molar-refractivity contribution >= 4 is 40.6 Å². The number of aromatic nitrogens is 3. The minimum absolute atomic E-state index is 0.270. The van der Waals surface area contributed by atoms with Crippen molar-refractivity contribution in [3.05, 3.63) is 102 Å². The summed E-state index contributed by atoms with van der Waals surface area (Å²) in [4.78, 5) is 30.5. The SMILES string of the molecule is C=N/C(Oc1c(C)ccc2c(NC(=O)c3ccccn3)cccc12)=C(\C=C/C)c1ccnc(N[C@H]2CCCNC2)n1. The number of carbonyl (C=O) groups excluding carboxylic acids is 1. The summed E-state index contributed by atoms with van der Waals surface area (Å²) in [5.41, 5.74) is 3.22. The van der Waals surface area contributed by atoms with E-state index >= 15 is 0 Å². The summed E-state index contributed by atoms with van der Waals surface area (Å²) in [7, 11) is 0. The molecule has 1 fully saturated rings. The van der Waals surface area contributed by atoms with E-state index < -0.39 is 0 Å². The van der Waals surface area contributed by atoms with Crippen molar-refractivity contribution in [3.8, 4) is 5.75 Å². The monoisotopic (exact) mass is 547 g/mol. The molecule has 3 N–H and O–H groups in total. The van der Waals surface area contributed by atoms with E-state index in [4.69, 9.17) is 9.72 Å². The molecule has 9 heteroatoms. The number of piperidine rings is 1. The van der Waals surface area contributed by atoms with Crippen LogP contribution in [0.1, 0.15) is 41.5 Å². The zero-order chi connectivity index (χ0) is 28.6. The van der Waals surface area contributed by atoms with Gasteiger partial charge in [0, 0.05) is 41.4 Å². The number of nitrogens with one attached hydrogen (secondary N) is 3. The maximum atomic E-state index is 12.8. The summed E-state index contributed by atoms with van der Waals surface area (Å²) in [5.74, 6) is 1.19. The average Bonchev–Trinajstić information content (AvgIpc) is 3.01. The van der Waals surface area contributed by atoms with Crippen LogP contribution >= 0.6 is 0 Å². The van der Waals surface area contributed by atoms with Gasteiger partial charge in [0.15, 0.2) is 0 Å². The van der Waals surface area contributed by atoms with Crippen molar-refractivity contribution in [3.63, 3.8) is 0 Å². The molecule has 1 aliphatic heterocycles. The number of nitrogens with zero attached hydrogens (tertiary/aromatic N) is 4. The Kier molecular flexibility index (Phi) is 8.76. The molecule has 1 saturated heterocycles. The van der Waals surface area contributed by atoms with Gasteiger partial charge in [0.1, 0.15) is 11.4 Å². The lowest BCUT2D eigenvalue weighted by atomic mass is 10.0. The number of benzene rings is 2. The lowest BCUT2D eigenvalue weighted by Gasteiger charge is -2.23. The van der Waals surface area contributed by atoms with Crippen LogP contribution in [0.15, 0.2) is 90.0 Å². The van der Waals surface area contributed by atoms with Gasteiger partial charge in [0.05, 0.1) is 11.3 Å². The van der Waals surface area contributed by atoms with Crippen LogP contribution in [0.4, 0.5) is 11.6 Å². The summed E-state index contributed by atoms with van der Waals surface area (Å²) < 4.78 is 6.49. The molecule has 3 heterocycles. The third-order valence-electron chi connectivity index (χ3n) is 6.82. The Morgan fingerprint density at radius 1 is 1.07 bits per heavy atom. The van der Waals surface area contributed by atoms with Crippen LogP contribution < -0.4 is 20.7 Å². The molecule has 41 heavy (non-hydrogen) atoms.